The van der Waals surface area contributed by atoms with Crippen molar-refractivity contribution in [3.05, 3.63) is 42.0 Å². The quantitative estimate of drug-likeness (QED) is 0.735. The van der Waals surface area contributed by atoms with E-state index in [1.807, 2.05) is 19.2 Å². The maximum atomic E-state index is 6.02. The first-order chi connectivity index (χ1) is 6.79. The predicted octanol–water partition coefficient (Wildman–Crippen LogP) is 0.258. The number of hydrogen-bond donors (Lipinski definition) is 1. The summed E-state index contributed by atoms with van der Waals surface area (Å²) in [4.78, 5) is 4.02. The van der Waals surface area contributed by atoms with E-state index in [9.17, 15) is 0 Å². The van der Waals surface area contributed by atoms with Crippen LogP contribution in [-0.4, -0.2) is 20.0 Å². The van der Waals surface area contributed by atoms with Gasteiger partial charge in [-0.2, -0.15) is 0 Å². The van der Waals surface area contributed by atoms with Gasteiger partial charge in [-0.15, -0.1) is 5.10 Å². The topological polar surface area (TPSA) is 69.6 Å². The molecule has 14 heavy (non-hydrogen) atoms. The van der Waals surface area contributed by atoms with Gasteiger partial charge in [-0.3, -0.25) is 9.67 Å². The summed E-state index contributed by atoms with van der Waals surface area (Å²) in [6.45, 7) is 0. The molecule has 0 saturated carbocycles. The molecule has 2 N–H and O–H groups in total. The molecule has 2 rings (SSSR count). The Kier molecular flexibility index (Phi) is 2.24. The molecule has 0 radical (unpaired) electrons. The maximum absolute atomic E-state index is 6.02. The molecule has 1 atom stereocenters. The van der Waals surface area contributed by atoms with Gasteiger partial charge in [0.15, 0.2) is 0 Å². The highest BCUT2D eigenvalue weighted by Gasteiger charge is 2.12. The van der Waals surface area contributed by atoms with Crippen molar-refractivity contribution in [1.82, 2.24) is 20.0 Å². The fourth-order valence-electron chi connectivity index (χ4n) is 1.31. The van der Waals surface area contributed by atoms with Crippen molar-refractivity contribution in [3.63, 3.8) is 0 Å². The predicted molar refractivity (Wildman–Crippen MR) is 51.3 cm³/mol. The Labute approximate surface area is 81.6 Å². The summed E-state index contributed by atoms with van der Waals surface area (Å²) >= 11 is 0. The second-order valence-electron chi connectivity index (χ2n) is 3.05. The van der Waals surface area contributed by atoms with Gasteiger partial charge in [0.2, 0.25) is 0 Å². The lowest BCUT2D eigenvalue weighted by Gasteiger charge is -2.10. The van der Waals surface area contributed by atoms with Crippen molar-refractivity contribution in [1.29, 1.82) is 0 Å². The Hall–Kier alpha value is -1.75. The molecule has 1 unspecified atom stereocenters. The molecule has 0 spiro atoms. The molecule has 5 nitrogen and oxygen atoms in total. The Morgan fingerprint density at radius 1 is 1.43 bits per heavy atom. The number of rotatable bonds is 2. The number of pyridine rings is 1. The van der Waals surface area contributed by atoms with Crippen LogP contribution in [0.1, 0.15) is 17.3 Å². The lowest BCUT2D eigenvalue weighted by atomic mass is 10.1. The lowest BCUT2D eigenvalue weighted by Crippen LogP contribution is -2.15. The van der Waals surface area contributed by atoms with Crippen molar-refractivity contribution in [2.75, 3.05) is 0 Å². The summed E-state index contributed by atoms with van der Waals surface area (Å²) in [6, 6.07) is 3.58. The van der Waals surface area contributed by atoms with Gasteiger partial charge < -0.3 is 5.73 Å². The normalized spacial score (nSPS) is 12.7. The third-order valence-electron chi connectivity index (χ3n) is 2.11. The summed E-state index contributed by atoms with van der Waals surface area (Å²) < 4.78 is 1.66. The molecule has 0 fully saturated rings. The summed E-state index contributed by atoms with van der Waals surface area (Å²) in [6.07, 6.45) is 5.13. The van der Waals surface area contributed by atoms with Gasteiger partial charge in [0.25, 0.3) is 0 Å². The van der Waals surface area contributed by atoms with Crippen molar-refractivity contribution in [2.45, 2.75) is 6.04 Å². The van der Waals surface area contributed by atoms with Gasteiger partial charge in [0, 0.05) is 19.4 Å². The van der Waals surface area contributed by atoms with E-state index in [0.29, 0.717) is 0 Å². The second kappa shape index (κ2) is 3.55. The van der Waals surface area contributed by atoms with E-state index in [1.165, 1.54) is 0 Å². The molecular formula is C9H11N5. The highest BCUT2D eigenvalue weighted by Crippen LogP contribution is 2.15. The van der Waals surface area contributed by atoms with E-state index in [4.69, 9.17) is 5.73 Å². The number of hydrogen-bond acceptors (Lipinski definition) is 4. The Balaban J connectivity index is 2.34. The standard InChI is InChI=1S/C9H11N5/c1-14-8(6-12-13-14)9(10)7-3-2-4-11-5-7/h2-6,9H,10H2,1H3. The summed E-state index contributed by atoms with van der Waals surface area (Å²) in [7, 11) is 1.82. The minimum Gasteiger partial charge on any atom is -0.319 e. The number of nitrogens with two attached hydrogens (primary N) is 1. The zero-order chi connectivity index (χ0) is 9.97. The number of nitrogens with zero attached hydrogens (tertiary/aromatic N) is 4. The lowest BCUT2D eigenvalue weighted by molar-refractivity contribution is 0.650. The van der Waals surface area contributed by atoms with Crippen LogP contribution >= 0.6 is 0 Å². The van der Waals surface area contributed by atoms with Crippen LogP contribution in [0.15, 0.2) is 30.7 Å². The zero-order valence-electron chi connectivity index (χ0n) is 7.83. The third kappa shape index (κ3) is 1.49. The smallest absolute Gasteiger partial charge is 0.0797 e. The Morgan fingerprint density at radius 3 is 2.86 bits per heavy atom. The maximum Gasteiger partial charge on any atom is 0.0797 e. The molecule has 0 saturated heterocycles. The van der Waals surface area contributed by atoms with Gasteiger partial charge in [0.05, 0.1) is 17.9 Å². The van der Waals surface area contributed by atoms with Crippen LogP contribution < -0.4 is 5.73 Å². The number of aryl methyl sites for hydroxylation is 1. The zero-order valence-corrected chi connectivity index (χ0v) is 7.83. The molecule has 2 aromatic rings. The molecule has 0 amide bonds. The van der Waals surface area contributed by atoms with E-state index in [0.717, 1.165) is 11.3 Å². The minimum atomic E-state index is -0.219. The summed E-state index contributed by atoms with van der Waals surface area (Å²) in [5.41, 5.74) is 7.85. The second-order valence-corrected chi connectivity index (χ2v) is 3.05. The van der Waals surface area contributed by atoms with Crippen LogP contribution in [0.3, 0.4) is 0 Å². The molecule has 5 heteroatoms. The monoisotopic (exact) mass is 189 g/mol. The summed E-state index contributed by atoms with van der Waals surface area (Å²) in [5.74, 6) is 0. The Bertz CT molecular complexity index is 408. The molecule has 0 aliphatic carbocycles. The van der Waals surface area contributed by atoms with Crippen LogP contribution in [0, 0.1) is 0 Å². The average molecular weight is 189 g/mol. The number of aromatic nitrogens is 4. The summed E-state index contributed by atoms with van der Waals surface area (Å²) in [5, 5.41) is 7.61. The van der Waals surface area contributed by atoms with Crippen LogP contribution in [0.5, 0.6) is 0 Å². The molecule has 2 heterocycles. The SMILES string of the molecule is Cn1nncc1C(N)c1cccnc1. The van der Waals surface area contributed by atoms with E-state index in [2.05, 4.69) is 15.3 Å². The largest absolute Gasteiger partial charge is 0.319 e. The van der Waals surface area contributed by atoms with Crippen LogP contribution in [-0.2, 0) is 7.05 Å². The van der Waals surface area contributed by atoms with E-state index < -0.39 is 0 Å². The van der Waals surface area contributed by atoms with Gasteiger partial charge in [-0.05, 0) is 11.6 Å². The highest BCUT2D eigenvalue weighted by molar-refractivity contribution is 5.22. The molecule has 2 aromatic heterocycles. The molecule has 72 valence electrons. The van der Waals surface area contributed by atoms with Crippen LogP contribution in [0.2, 0.25) is 0 Å². The van der Waals surface area contributed by atoms with Gasteiger partial charge in [-0.1, -0.05) is 11.3 Å². The first-order valence-corrected chi connectivity index (χ1v) is 4.29. The van der Waals surface area contributed by atoms with Crippen molar-refractivity contribution < 1.29 is 0 Å². The fraction of sp³-hybridized carbons (Fsp3) is 0.222. The van der Waals surface area contributed by atoms with Crippen molar-refractivity contribution >= 4 is 0 Å². The Morgan fingerprint density at radius 2 is 2.29 bits per heavy atom. The van der Waals surface area contributed by atoms with Crippen molar-refractivity contribution in [2.24, 2.45) is 12.8 Å². The van der Waals surface area contributed by atoms with Gasteiger partial charge in [-0.25, -0.2) is 0 Å². The first kappa shape index (κ1) is 8.83. The molecule has 0 aliphatic heterocycles. The highest BCUT2D eigenvalue weighted by atomic mass is 15.4. The molecule has 0 bridgehead atoms. The molecule has 0 aromatic carbocycles. The van der Waals surface area contributed by atoms with Crippen LogP contribution in [0.25, 0.3) is 0 Å². The fourth-order valence-corrected chi connectivity index (χ4v) is 1.31. The van der Waals surface area contributed by atoms with Gasteiger partial charge >= 0.3 is 0 Å². The minimum absolute atomic E-state index is 0.219. The molecular weight excluding hydrogens is 178 g/mol. The molecule has 0 aliphatic rings. The van der Waals surface area contributed by atoms with E-state index in [1.54, 1.807) is 23.3 Å². The van der Waals surface area contributed by atoms with Crippen LogP contribution in [0.4, 0.5) is 0 Å². The van der Waals surface area contributed by atoms with E-state index in [-0.39, 0.29) is 6.04 Å². The van der Waals surface area contributed by atoms with Crippen molar-refractivity contribution in [3.8, 4) is 0 Å². The van der Waals surface area contributed by atoms with Gasteiger partial charge in [0.1, 0.15) is 0 Å². The average Bonchev–Trinajstić information content (AvgIpc) is 2.65. The van der Waals surface area contributed by atoms with E-state index >= 15 is 0 Å². The third-order valence-corrected chi connectivity index (χ3v) is 2.11. The first-order valence-electron chi connectivity index (χ1n) is 4.29.